The van der Waals surface area contributed by atoms with E-state index in [1.54, 1.807) is 0 Å². The maximum atomic E-state index is 10.6. The van der Waals surface area contributed by atoms with E-state index in [0.29, 0.717) is 12.6 Å². The van der Waals surface area contributed by atoms with Crippen LogP contribution in [0.1, 0.15) is 20.7 Å². The summed E-state index contributed by atoms with van der Waals surface area (Å²) in [7, 11) is -4.64. The predicted molar refractivity (Wildman–Crippen MR) is 45.2 cm³/mol. The first-order chi connectivity index (χ1) is 6.47. The SMILES string of the molecule is O=Cc1cc(C=O)cc(S(=O)(=O)[O-])c1. The molecule has 1 rings (SSSR count). The Balaban J connectivity index is 3.46. The van der Waals surface area contributed by atoms with Crippen molar-refractivity contribution in [2.24, 2.45) is 0 Å². The lowest BCUT2D eigenvalue weighted by Crippen LogP contribution is -2.01. The van der Waals surface area contributed by atoms with Crippen molar-refractivity contribution in [2.75, 3.05) is 0 Å². The van der Waals surface area contributed by atoms with E-state index < -0.39 is 15.0 Å². The molecule has 0 aliphatic heterocycles. The highest BCUT2D eigenvalue weighted by Gasteiger charge is 2.05. The van der Waals surface area contributed by atoms with Gasteiger partial charge in [0, 0.05) is 11.1 Å². The lowest BCUT2D eigenvalue weighted by molar-refractivity contribution is 0.112. The lowest BCUT2D eigenvalue weighted by Gasteiger charge is -2.07. The van der Waals surface area contributed by atoms with Gasteiger partial charge in [0.05, 0.1) is 4.90 Å². The van der Waals surface area contributed by atoms with Gasteiger partial charge >= 0.3 is 0 Å². The third-order valence-electron chi connectivity index (χ3n) is 1.51. The van der Waals surface area contributed by atoms with Crippen LogP contribution in [0, 0.1) is 0 Å². The minimum atomic E-state index is -4.64. The fourth-order valence-corrected chi connectivity index (χ4v) is 1.49. The molecule has 1 aromatic carbocycles. The highest BCUT2D eigenvalue weighted by atomic mass is 32.2. The molecular formula is C8H5O5S-. The van der Waals surface area contributed by atoms with E-state index in [0.717, 1.165) is 12.1 Å². The van der Waals surface area contributed by atoms with Crippen molar-refractivity contribution in [1.29, 1.82) is 0 Å². The number of hydrogen-bond acceptors (Lipinski definition) is 5. The van der Waals surface area contributed by atoms with Gasteiger partial charge in [0.1, 0.15) is 22.7 Å². The van der Waals surface area contributed by atoms with Crippen LogP contribution in [0.5, 0.6) is 0 Å². The minimum absolute atomic E-state index is 0.0241. The van der Waals surface area contributed by atoms with E-state index in [-0.39, 0.29) is 11.1 Å². The molecule has 0 saturated carbocycles. The molecule has 1 aromatic rings. The first-order valence-corrected chi connectivity index (χ1v) is 4.89. The monoisotopic (exact) mass is 213 g/mol. The summed E-state index contributed by atoms with van der Waals surface area (Å²) in [6.45, 7) is 0. The predicted octanol–water partition coefficient (Wildman–Crippen LogP) is 0.216. The summed E-state index contributed by atoms with van der Waals surface area (Å²) in [5.41, 5.74) is -0.0481. The second kappa shape index (κ2) is 3.69. The molecule has 5 nitrogen and oxygen atoms in total. The molecule has 0 radical (unpaired) electrons. The molecule has 0 bridgehead atoms. The molecule has 14 heavy (non-hydrogen) atoms. The Morgan fingerprint density at radius 1 is 1.00 bits per heavy atom. The summed E-state index contributed by atoms with van der Waals surface area (Å²) in [4.78, 5) is 20.1. The van der Waals surface area contributed by atoms with Gasteiger partial charge in [-0.25, -0.2) is 8.42 Å². The molecule has 6 heteroatoms. The fourth-order valence-electron chi connectivity index (χ4n) is 0.926. The standard InChI is InChI=1S/C8H6O5S/c9-4-6-1-7(5-10)3-8(2-6)14(11,12)13/h1-5H,(H,11,12,13)/p-1. The zero-order valence-electron chi connectivity index (χ0n) is 6.84. The van der Waals surface area contributed by atoms with Crippen molar-refractivity contribution >= 4 is 22.7 Å². The van der Waals surface area contributed by atoms with Crippen molar-refractivity contribution in [1.82, 2.24) is 0 Å². The summed E-state index contributed by atoms with van der Waals surface area (Å²) in [6.07, 6.45) is 0.726. The first-order valence-electron chi connectivity index (χ1n) is 3.48. The van der Waals surface area contributed by atoms with E-state index in [9.17, 15) is 22.6 Å². The number of carbonyl (C=O) groups excluding carboxylic acids is 2. The van der Waals surface area contributed by atoms with Crippen LogP contribution in [0.15, 0.2) is 23.1 Å². The summed E-state index contributed by atoms with van der Waals surface area (Å²) >= 11 is 0. The van der Waals surface area contributed by atoms with Gasteiger partial charge in [0.25, 0.3) is 0 Å². The molecule has 0 spiro atoms. The number of aldehydes is 2. The molecule has 0 aromatic heterocycles. The highest BCUT2D eigenvalue weighted by molar-refractivity contribution is 7.85. The number of carbonyl (C=O) groups is 2. The minimum Gasteiger partial charge on any atom is -0.744 e. The van der Waals surface area contributed by atoms with E-state index in [1.165, 1.54) is 6.07 Å². The van der Waals surface area contributed by atoms with Gasteiger partial charge in [-0.1, -0.05) is 0 Å². The second-order valence-corrected chi connectivity index (χ2v) is 3.90. The Morgan fingerprint density at radius 2 is 1.43 bits per heavy atom. The zero-order chi connectivity index (χ0) is 10.8. The average Bonchev–Trinajstić information content (AvgIpc) is 2.15. The molecule has 0 heterocycles. The molecule has 0 fully saturated rings. The van der Waals surface area contributed by atoms with Crippen LogP contribution in [0.4, 0.5) is 0 Å². The molecule has 0 atom stereocenters. The van der Waals surface area contributed by atoms with Gasteiger partial charge in [0.2, 0.25) is 0 Å². The van der Waals surface area contributed by atoms with Crippen LogP contribution in [0.2, 0.25) is 0 Å². The molecule has 0 unspecified atom stereocenters. The van der Waals surface area contributed by atoms with Gasteiger partial charge in [-0.2, -0.15) is 0 Å². The van der Waals surface area contributed by atoms with Crippen LogP contribution in [-0.2, 0) is 10.1 Å². The average molecular weight is 213 g/mol. The van der Waals surface area contributed by atoms with Gasteiger partial charge < -0.3 is 4.55 Å². The molecule has 0 N–H and O–H groups in total. The Labute approximate surface area is 80.1 Å². The van der Waals surface area contributed by atoms with Crippen molar-refractivity contribution in [2.45, 2.75) is 4.90 Å². The van der Waals surface area contributed by atoms with Crippen LogP contribution in [0.25, 0.3) is 0 Å². The maximum Gasteiger partial charge on any atom is 0.150 e. The maximum absolute atomic E-state index is 10.6. The second-order valence-electron chi connectivity index (χ2n) is 2.53. The Hall–Kier alpha value is -1.53. The molecule has 74 valence electrons. The topological polar surface area (TPSA) is 91.3 Å². The molecule has 0 saturated heterocycles. The summed E-state index contributed by atoms with van der Waals surface area (Å²) in [6, 6.07) is 3.03. The third-order valence-corrected chi connectivity index (χ3v) is 2.33. The Kier molecular flexibility index (Phi) is 2.78. The lowest BCUT2D eigenvalue weighted by atomic mass is 10.1. The largest absolute Gasteiger partial charge is 0.744 e. The van der Waals surface area contributed by atoms with Crippen molar-refractivity contribution in [3.8, 4) is 0 Å². The zero-order valence-corrected chi connectivity index (χ0v) is 7.65. The number of rotatable bonds is 3. The van der Waals surface area contributed by atoms with Crippen LogP contribution >= 0.6 is 0 Å². The van der Waals surface area contributed by atoms with Crippen molar-refractivity contribution < 1.29 is 22.6 Å². The van der Waals surface area contributed by atoms with Crippen LogP contribution in [-0.4, -0.2) is 25.5 Å². The van der Waals surface area contributed by atoms with E-state index in [4.69, 9.17) is 0 Å². The van der Waals surface area contributed by atoms with Crippen LogP contribution in [0.3, 0.4) is 0 Å². The van der Waals surface area contributed by atoms with Gasteiger partial charge in [-0.05, 0) is 18.2 Å². The summed E-state index contributed by atoms with van der Waals surface area (Å²) < 4.78 is 31.7. The Morgan fingerprint density at radius 3 is 1.71 bits per heavy atom. The van der Waals surface area contributed by atoms with Gasteiger partial charge in [-0.15, -0.1) is 0 Å². The normalized spacial score (nSPS) is 10.9. The fraction of sp³-hybridized carbons (Fsp3) is 0. The number of benzene rings is 1. The van der Waals surface area contributed by atoms with E-state index >= 15 is 0 Å². The van der Waals surface area contributed by atoms with Gasteiger partial charge in [-0.3, -0.25) is 9.59 Å². The summed E-state index contributed by atoms with van der Waals surface area (Å²) in [5.74, 6) is 0. The molecule has 0 amide bonds. The molecule has 0 aliphatic carbocycles. The van der Waals surface area contributed by atoms with E-state index in [2.05, 4.69) is 0 Å². The Bertz CT molecular complexity index is 448. The first kappa shape index (κ1) is 10.6. The summed E-state index contributed by atoms with van der Waals surface area (Å²) in [5, 5.41) is 0. The van der Waals surface area contributed by atoms with Gasteiger partial charge in [0.15, 0.2) is 0 Å². The van der Waals surface area contributed by atoms with E-state index in [1.807, 2.05) is 0 Å². The van der Waals surface area contributed by atoms with Crippen molar-refractivity contribution in [3.05, 3.63) is 29.3 Å². The molecule has 0 aliphatic rings. The third kappa shape index (κ3) is 2.24. The van der Waals surface area contributed by atoms with Crippen LogP contribution < -0.4 is 0 Å². The highest BCUT2D eigenvalue weighted by Crippen LogP contribution is 2.12. The number of hydrogen-bond donors (Lipinski definition) is 0. The quantitative estimate of drug-likeness (QED) is 0.528. The van der Waals surface area contributed by atoms with Crippen molar-refractivity contribution in [3.63, 3.8) is 0 Å². The molecular weight excluding hydrogens is 208 g/mol. The smallest absolute Gasteiger partial charge is 0.150 e.